The van der Waals surface area contributed by atoms with Crippen LogP contribution in [0.3, 0.4) is 0 Å². The van der Waals surface area contributed by atoms with E-state index in [0.29, 0.717) is 40.2 Å². The average Bonchev–Trinajstić information content (AvgIpc) is 3.03. The molecule has 2 aromatic heterocycles. The molecule has 1 aromatic carbocycles. The van der Waals surface area contributed by atoms with E-state index < -0.39 is 11.2 Å². The van der Waals surface area contributed by atoms with Crippen LogP contribution in [0.1, 0.15) is 12.5 Å². The minimum atomic E-state index is -0.420. The van der Waals surface area contributed by atoms with Crippen molar-refractivity contribution >= 4 is 40.3 Å². The summed E-state index contributed by atoms with van der Waals surface area (Å²) in [6.45, 7) is 4.59. The maximum atomic E-state index is 12.8. The summed E-state index contributed by atoms with van der Waals surface area (Å²) in [6.07, 6.45) is 0. The van der Waals surface area contributed by atoms with Gasteiger partial charge in [0.2, 0.25) is 5.95 Å². The second kappa shape index (κ2) is 8.38. The Morgan fingerprint density at radius 3 is 2.50 bits per heavy atom. The number of nitrogens with one attached hydrogen (secondary N) is 2. The molecule has 0 aliphatic rings. The second-order valence-corrected chi connectivity index (χ2v) is 7.24. The third-order valence-electron chi connectivity index (χ3n) is 4.51. The van der Waals surface area contributed by atoms with Crippen LogP contribution in [0, 0.1) is 0 Å². The number of rotatable bonds is 7. The first-order valence-electron chi connectivity index (χ1n) is 8.90. The number of aryl methyl sites for hydroxylation is 1. The second-order valence-electron chi connectivity index (χ2n) is 6.43. The fraction of sp³-hybridized carbons (Fsp3) is 0.389. The molecular weight excluding hydrogens is 403 g/mol. The zero-order valence-electron chi connectivity index (χ0n) is 15.9. The van der Waals surface area contributed by atoms with Gasteiger partial charge in [-0.2, -0.15) is 4.98 Å². The molecule has 8 nitrogen and oxygen atoms in total. The largest absolute Gasteiger partial charge is 0.354 e. The summed E-state index contributed by atoms with van der Waals surface area (Å²) in [5.74, 6) is 0.511. The Kier molecular flexibility index (Phi) is 6.12. The van der Waals surface area contributed by atoms with Crippen LogP contribution >= 0.6 is 23.2 Å². The van der Waals surface area contributed by atoms with Crippen molar-refractivity contribution in [2.75, 3.05) is 25.0 Å². The van der Waals surface area contributed by atoms with Gasteiger partial charge >= 0.3 is 5.69 Å². The van der Waals surface area contributed by atoms with Crippen LogP contribution in [0.5, 0.6) is 0 Å². The first kappa shape index (κ1) is 20.4. The first-order chi connectivity index (χ1) is 13.3. The summed E-state index contributed by atoms with van der Waals surface area (Å²) in [6, 6.07) is 5.31. The predicted molar refractivity (Wildman–Crippen MR) is 113 cm³/mol. The molecule has 0 aliphatic heterocycles. The average molecular weight is 425 g/mol. The highest BCUT2D eigenvalue weighted by molar-refractivity contribution is 6.42. The van der Waals surface area contributed by atoms with Crippen LogP contribution in [-0.4, -0.2) is 38.3 Å². The first-order valence-corrected chi connectivity index (χ1v) is 9.65. The van der Waals surface area contributed by atoms with Crippen LogP contribution in [0.15, 0.2) is 27.8 Å². The molecule has 2 N–H and O–H groups in total. The van der Waals surface area contributed by atoms with Gasteiger partial charge in [-0.1, -0.05) is 36.2 Å². The molecule has 3 aromatic rings. The molecule has 0 amide bonds. The fourth-order valence-corrected chi connectivity index (χ4v) is 3.32. The molecule has 0 bridgehead atoms. The number of aromatic nitrogens is 4. The monoisotopic (exact) mass is 424 g/mol. The Labute approximate surface area is 171 Å². The lowest BCUT2D eigenvalue weighted by Gasteiger charge is -2.12. The molecule has 0 saturated heterocycles. The molecular formula is C18H22Cl2N6O2. The minimum Gasteiger partial charge on any atom is -0.354 e. The van der Waals surface area contributed by atoms with Crippen molar-refractivity contribution in [2.45, 2.75) is 13.5 Å². The number of nitrogens with zero attached hydrogens (tertiary/aromatic N) is 4. The van der Waals surface area contributed by atoms with Gasteiger partial charge in [-0.3, -0.25) is 18.5 Å². The van der Waals surface area contributed by atoms with Crippen LogP contribution < -0.4 is 21.9 Å². The van der Waals surface area contributed by atoms with E-state index in [1.54, 1.807) is 23.7 Å². The number of benzene rings is 1. The lowest BCUT2D eigenvalue weighted by atomic mass is 10.2. The maximum Gasteiger partial charge on any atom is 0.332 e. The quantitative estimate of drug-likeness (QED) is 0.564. The Morgan fingerprint density at radius 2 is 1.82 bits per heavy atom. The molecule has 0 unspecified atom stereocenters. The number of fused-ring (bicyclic) bond motifs is 1. The molecule has 0 aliphatic carbocycles. The number of halogens is 2. The van der Waals surface area contributed by atoms with E-state index in [4.69, 9.17) is 23.2 Å². The van der Waals surface area contributed by atoms with Crippen LogP contribution in [0.25, 0.3) is 11.2 Å². The number of likely N-dealkylation sites (N-methyl/N-ethyl adjacent to an activating group) is 1. The number of imidazole rings is 1. The zero-order valence-corrected chi connectivity index (χ0v) is 17.4. The summed E-state index contributed by atoms with van der Waals surface area (Å²) >= 11 is 12.2. The van der Waals surface area contributed by atoms with Gasteiger partial charge in [0.05, 0.1) is 16.6 Å². The zero-order chi connectivity index (χ0) is 20.4. The van der Waals surface area contributed by atoms with E-state index in [1.807, 2.05) is 13.0 Å². The summed E-state index contributed by atoms with van der Waals surface area (Å²) in [5.41, 5.74) is 0.723. The molecule has 150 valence electrons. The highest BCUT2D eigenvalue weighted by Crippen LogP contribution is 2.24. The Hall–Kier alpha value is -2.29. The van der Waals surface area contributed by atoms with Crippen LogP contribution in [0.2, 0.25) is 10.0 Å². The normalized spacial score (nSPS) is 11.3. The summed E-state index contributed by atoms with van der Waals surface area (Å²) < 4.78 is 4.22. The smallest absolute Gasteiger partial charge is 0.332 e. The number of hydrogen-bond donors (Lipinski definition) is 2. The Bertz CT molecular complexity index is 1130. The highest BCUT2D eigenvalue weighted by atomic mass is 35.5. The molecule has 2 heterocycles. The van der Waals surface area contributed by atoms with Gasteiger partial charge in [0.1, 0.15) is 0 Å². The minimum absolute atomic E-state index is 0.333. The van der Waals surface area contributed by atoms with Crippen LogP contribution in [-0.2, 0) is 20.6 Å². The standard InChI is InChI=1S/C18H22Cl2N6O2/c1-4-21-7-8-22-17-23-15-14(16(27)25(3)18(28)24(15)2)26(17)10-11-5-6-12(19)13(20)9-11/h5-6,9,21H,4,7-8,10H2,1-3H3,(H,22,23). The van der Waals surface area contributed by atoms with E-state index >= 15 is 0 Å². The SMILES string of the molecule is CCNCCNc1nc2c(c(=O)n(C)c(=O)n2C)n1Cc1ccc(Cl)c(Cl)c1. The fourth-order valence-electron chi connectivity index (χ4n) is 3.00. The molecule has 3 rings (SSSR count). The van der Waals surface area contributed by atoms with Crippen molar-refractivity contribution in [3.63, 3.8) is 0 Å². The van der Waals surface area contributed by atoms with Gasteiger partial charge in [0.15, 0.2) is 11.2 Å². The van der Waals surface area contributed by atoms with E-state index in [0.717, 1.165) is 23.2 Å². The van der Waals surface area contributed by atoms with Crippen molar-refractivity contribution in [1.29, 1.82) is 0 Å². The Balaban J connectivity index is 2.14. The van der Waals surface area contributed by atoms with Gasteiger partial charge in [0, 0.05) is 27.2 Å². The number of anilines is 1. The topological polar surface area (TPSA) is 85.9 Å². The molecule has 10 heteroatoms. The Morgan fingerprint density at radius 1 is 1.07 bits per heavy atom. The molecule has 0 saturated carbocycles. The van der Waals surface area contributed by atoms with E-state index in [2.05, 4.69) is 15.6 Å². The van der Waals surface area contributed by atoms with Gasteiger partial charge in [-0.25, -0.2) is 4.79 Å². The van der Waals surface area contributed by atoms with Crippen molar-refractivity contribution < 1.29 is 0 Å². The third-order valence-corrected chi connectivity index (χ3v) is 5.25. The lowest BCUT2D eigenvalue weighted by Crippen LogP contribution is -2.37. The third kappa shape index (κ3) is 3.80. The molecule has 0 fully saturated rings. The maximum absolute atomic E-state index is 12.8. The van der Waals surface area contributed by atoms with Gasteiger partial charge < -0.3 is 10.6 Å². The summed E-state index contributed by atoms with van der Waals surface area (Å²) in [5, 5.41) is 7.36. The van der Waals surface area contributed by atoms with Gasteiger partial charge in [-0.05, 0) is 24.2 Å². The molecule has 0 atom stereocenters. The van der Waals surface area contributed by atoms with Crippen molar-refractivity contribution in [1.82, 2.24) is 24.0 Å². The van der Waals surface area contributed by atoms with Gasteiger partial charge in [0.25, 0.3) is 5.56 Å². The highest BCUT2D eigenvalue weighted by Gasteiger charge is 2.19. The predicted octanol–water partition coefficient (Wildman–Crippen LogP) is 1.81. The van der Waals surface area contributed by atoms with Gasteiger partial charge in [-0.15, -0.1) is 0 Å². The van der Waals surface area contributed by atoms with Crippen molar-refractivity contribution in [3.05, 3.63) is 54.6 Å². The van der Waals surface area contributed by atoms with E-state index in [9.17, 15) is 9.59 Å². The molecule has 0 radical (unpaired) electrons. The summed E-state index contributed by atoms with van der Waals surface area (Å²) in [7, 11) is 3.06. The van der Waals surface area contributed by atoms with E-state index in [1.165, 1.54) is 11.6 Å². The van der Waals surface area contributed by atoms with E-state index in [-0.39, 0.29) is 0 Å². The van der Waals surface area contributed by atoms with Crippen molar-refractivity contribution in [2.24, 2.45) is 14.1 Å². The lowest BCUT2D eigenvalue weighted by molar-refractivity contribution is 0.702. The summed E-state index contributed by atoms with van der Waals surface area (Å²) in [4.78, 5) is 29.6. The van der Waals surface area contributed by atoms with Crippen molar-refractivity contribution in [3.8, 4) is 0 Å². The molecule has 28 heavy (non-hydrogen) atoms. The number of hydrogen-bond acceptors (Lipinski definition) is 5. The van der Waals surface area contributed by atoms with Crippen LogP contribution in [0.4, 0.5) is 5.95 Å². The molecule has 0 spiro atoms.